The number of benzene rings is 1. The van der Waals surface area contributed by atoms with Crippen molar-refractivity contribution < 1.29 is 19.4 Å². The average molecular weight is 520 g/mol. The van der Waals surface area contributed by atoms with E-state index in [0.717, 1.165) is 50.0 Å². The van der Waals surface area contributed by atoms with E-state index < -0.39 is 5.60 Å². The third-order valence-corrected chi connectivity index (χ3v) is 7.09. The number of rotatable bonds is 14. The fourth-order valence-electron chi connectivity index (χ4n) is 5.27. The molecule has 7 nitrogen and oxygen atoms in total. The van der Waals surface area contributed by atoms with Gasteiger partial charge in [0.15, 0.2) is 0 Å². The van der Waals surface area contributed by atoms with Gasteiger partial charge in [0.05, 0.1) is 12.2 Å². The summed E-state index contributed by atoms with van der Waals surface area (Å²) in [5.41, 5.74) is -0.260. The molecule has 1 aromatic rings. The van der Waals surface area contributed by atoms with Gasteiger partial charge in [0.25, 0.3) is 0 Å². The van der Waals surface area contributed by atoms with Gasteiger partial charge in [0.2, 0.25) is 0 Å². The lowest BCUT2D eigenvalue weighted by Gasteiger charge is -2.43. The summed E-state index contributed by atoms with van der Waals surface area (Å²) in [7, 11) is 3.62. The number of likely N-dealkylation sites (tertiary alicyclic amines) is 1. The zero-order valence-electron chi connectivity index (χ0n) is 24.4. The van der Waals surface area contributed by atoms with Gasteiger partial charge in [-0.1, -0.05) is 52.8 Å². The van der Waals surface area contributed by atoms with Gasteiger partial charge in [-0.2, -0.15) is 0 Å². The first-order valence-corrected chi connectivity index (χ1v) is 14.1. The van der Waals surface area contributed by atoms with Gasteiger partial charge >= 0.3 is 6.03 Å². The van der Waals surface area contributed by atoms with E-state index in [1.54, 1.807) is 7.11 Å². The summed E-state index contributed by atoms with van der Waals surface area (Å²) in [5, 5.41) is 18.9. The normalized spacial score (nSPS) is 18.9. The minimum Gasteiger partial charge on any atom is -0.493 e. The molecule has 1 heterocycles. The highest BCUT2D eigenvalue weighted by Crippen LogP contribution is 2.43. The second-order valence-corrected chi connectivity index (χ2v) is 12.3. The van der Waals surface area contributed by atoms with Crippen LogP contribution < -0.4 is 15.4 Å². The van der Waals surface area contributed by atoms with E-state index in [4.69, 9.17) is 9.47 Å². The first kappa shape index (κ1) is 31.4. The number of nitrogens with one attached hydrogen (secondary N) is 2. The van der Waals surface area contributed by atoms with Crippen LogP contribution in [0.4, 0.5) is 4.79 Å². The van der Waals surface area contributed by atoms with Gasteiger partial charge < -0.3 is 30.1 Å². The molecule has 0 spiro atoms. The molecule has 0 bridgehead atoms. The molecule has 0 saturated carbocycles. The van der Waals surface area contributed by atoms with Crippen molar-refractivity contribution in [2.45, 2.75) is 84.8 Å². The van der Waals surface area contributed by atoms with E-state index in [0.29, 0.717) is 38.6 Å². The lowest BCUT2D eigenvalue weighted by molar-refractivity contribution is -0.0583. The molecule has 212 valence electrons. The third-order valence-electron chi connectivity index (χ3n) is 7.09. The molecule has 2 amide bonds. The Kier molecular flexibility index (Phi) is 12.7. The molecule has 2 rings (SSSR count). The van der Waals surface area contributed by atoms with Gasteiger partial charge in [-0.3, -0.25) is 0 Å². The maximum Gasteiger partial charge on any atom is 0.317 e. The van der Waals surface area contributed by atoms with Crippen molar-refractivity contribution in [2.75, 3.05) is 47.0 Å². The smallest absolute Gasteiger partial charge is 0.317 e. The number of piperidine rings is 1. The lowest BCUT2D eigenvalue weighted by Crippen LogP contribution is -2.54. The molecule has 0 aromatic heterocycles. The van der Waals surface area contributed by atoms with E-state index in [1.807, 2.05) is 36.2 Å². The highest BCUT2D eigenvalue weighted by Gasteiger charge is 2.43. The van der Waals surface area contributed by atoms with Crippen LogP contribution in [0, 0.1) is 17.3 Å². The molecule has 0 unspecified atom stereocenters. The van der Waals surface area contributed by atoms with Crippen LogP contribution in [0.15, 0.2) is 24.3 Å². The van der Waals surface area contributed by atoms with E-state index in [1.165, 1.54) is 0 Å². The van der Waals surface area contributed by atoms with Gasteiger partial charge in [0.1, 0.15) is 5.75 Å². The van der Waals surface area contributed by atoms with Gasteiger partial charge in [-0.15, -0.1) is 0 Å². The number of likely N-dealkylation sites (N-methyl/N-ethyl adjacent to an activating group) is 1. The number of urea groups is 1. The van der Waals surface area contributed by atoms with Crippen LogP contribution in [0.5, 0.6) is 5.75 Å². The summed E-state index contributed by atoms with van der Waals surface area (Å²) in [5.74, 6) is 1.15. The Morgan fingerprint density at radius 2 is 1.95 bits per heavy atom. The Bertz CT molecular complexity index is 810. The van der Waals surface area contributed by atoms with Crippen LogP contribution in [0.1, 0.15) is 78.7 Å². The molecule has 37 heavy (non-hydrogen) atoms. The Labute approximate surface area is 225 Å². The number of amides is 2. The van der Waals surface area contributed by atoms with Gasteiger partial charge in [-0.25, -0.2) is 4.79 Å². The van der Waals surface area contributed by atoms with Crippen molar-refractivity contribution in [1.82, 2.24) is 15.5 Å². The summed E-state index contributed by atoms with van der Waals surface area (Å²) in [6.07, 6.45) is 4.96. The summed E-state index contributed by atoms with van der Waals surface area (Å²) in [6, 6.07) is 7.94. The Balaban J connectivity index is 2.28. The molecular weight excluding hydrogens is 466 g/mol. The third kappa shape index (κ3) is 10.1. The SMILES string of the molecule is CNC[C@H](CC(C)C)NC(=O)N1CCC[C@@H]([C@@](O)(CCCCOC)c2ccccc2OCC(C)(C)C)C1. The van der Waals surface area contributed by atoms with E-state index in [-0.39, 0.29) is 23.4 Å². The number of methoxy groups -OCH3 is 1. The summed E-state index contributed by atoms with van der Waals surface area (Å²) >= 11 is 0. The molecule has 0 aliphatic carbocycles. The van der Waals surface area contributed by atoms with E-state index >= 15 is 0 Å². The zero-order valence-corrected chi connectivity index (χ0v) is 24.4. The maximum atomic E-state index is 13.3. The first-order chi connectivity index (χ1) is 17.5. The monoisotopic (exact) mass is 519 g/mol. The maximum absolute atomic E-state index is 13.3. The number of carbonyl (C=O) groups excluding carboxylic acids is 1. The zero-order chi connectivity index (χ0) is 27.5. The molecule has 1 fully saturated rings. The fourth-order valence-corrected chi connectivity index (χ4v) is 5.27. The minimum atomic E-state index is -1.09. The lowest BCUT2D eigenvalue weighted by atomic mass is 9.73. The average Bonchev–Trinajstić information content (AvgIpc) is 2.85. The minimum absolute atomic E-state index is 0.00327. The van der Waals surface area contributed by atoms with Gasteiger partial charge in [0, 0.05) is 50.9 Å². The van der Waals surface area contributed by atoms with E-state index in [2.05, 4.69) is 45.3 Å². The number of para-hydroxylation sites is 1. The predicted molar refractivity (Wildman–Crippen MR) is 151 cm³/mol. The van der Waals surface area contributed by atoms with Crippen molar-refractivity contribution in [3.05, 3.63) is 29.8 Å². The predicted octanol–water partition coefficient (Wildman–Crippen LogP) is 5.17. The number of nitrogens with zero attached hydrogens (tertiary/aromatic N) is 1. The molecule has 1 aromatic carbocycles. The Morgan fingerprint density at radius 1 is 1.22 bits per heavy atom. The van der Waals surface area contributed by atoms with Crippen LogP contribution in [-0.4, -0.2) is 69.1 Å². The number of carbonyl (C=O) groups is 1. The number of hydrogen-bond donors (Lipinski definition) is 3. The van der Waals surface area contributed by atoms with Crippen molar-refractivity contribution in [2.24, 2.45) is 17.3 Å². The Hall–Kier alpha value is -1.83. The van der Waals surface area contributed by atoms with Crippen LogP contribution in [0.2, 0.25) is 0 Å². The van der Waals surface area contributed by atoms with Crippen LogP contribution in [0.25, 0.3) is 0 Å². The quantitative estimate of drug-likeness (QED) is 0.295. The highest BCUT2D eigenvalue weighted by atomic mass is 16.5. The van der Waals surface area contributed by atoms with Crippen molar-refractivity contribution in [3.63, 3.8) is 0 Å². The van der Waals surface area contributed by atoms with Crippen LogP contribution in [-0.2, 0) is 10.3 Å². The molecule has 7 heteroatoms. The number of unbranched alkanes of at least 4 members (excludes halogenated alkanes) is 1. The summed E-state index contributed by atoms with van der Waals surface area (Å²) in [4.78, 5) is 15.2. The summed E-state index contributed by atoms with van der Waals surface area (Å²) in [6.45, 7) is 14.0. The second kappa shape index (κ2) is 14.9. The van der Waals surface area contributed by atoms with E-state index in [9.17, 15) is 9.90 Å². The fraction of sp³-hybridized carbons (Fsp3) is 0.767. The molecule has 1 aliphatic rings. The summed E-state index contributed by atoms with van der Waals surface area (Å²) < 4.78 is 11.5. The first-order valence-electron chi connectivity index (χ1n) is 14.1. The number of ether oxygens (including phenoxy) is 2. The molecule has 3 N–H and O–H groups in total. The highest BCUT2D eigenvalue weighted by molar-refractivity contribution is 5.74. The standard InChI is InChI=1S/C30H53N3O4/c1-23(2)19-25(20-31-6)32-28(34)33-17-12-13-24(21-33)30(35,16-10-11-18-36-7)26-14-8-9-15-27(26)37-22-29(3,4)5/h8-9,14-15,23-25,31,35H,10-13,16-22H2,1-7H3,(H,32,34)/t24-,25+,30+/m1/s1. The van der Waals surface area contributed by atoms with Crippen molar-refractivity contribution in [1.29, 1.82) is 0 Å². The van der Waals surface area contributed by atoms with Gasteiger partial charge in [-0.05, 0) is 63.0 Å². The van der Waals surface area contributed by atoms with Crippen LogP contribution in [0.3, 0.4) is 0 Å². The van der Waals surface area contributed by atoms with Crippen molar-refractivity contribution in [3.8, 4) is 5.75 Å². The molecule has 0 radical (unpaired) electrons. The molecule has 1 saturated heterocycles. The second-order valence-electron chi connectivity index (χ2n) is 12.3. The van der Waals surface area contributed by atoms with Crippen LogP contribution >= 0.6 is 0 Å². The molecule has 1 aliphatic heterocycles. The van der Waals surface area contributed by atoms with Crippen molar-refractivity contribution >= 4 is 6.03 Å². The topological polar surface area (TPSA) is 83.1 Å². The molecular formula is C30H53N3O4. The number of hydrogen-bond acceptors (Lipinski definition) is 5. The largest absolute Gasteiger partial charge is 0.493 e. The Morgan fingerprint density at radius 3 is 2.59 bits per heavy atom. The number of aliphatic hydroxyl groups is 1. The molecule has 3 atom stereocenters.